The van der Waals surface area contributed by atoms with Crippen LogP contribution in [0.5, 0.6) is 0 Å². The second-order valence-corrected chi connectivity index (χ2v) is 3.87. The number of nitrogens with one attached hydrogen (secondary N) is 2. The van der Waals surface area contributed by atoms with E-state index in [1.165, 1.54) is 0 Å². The largest absolute Gasteiger partial charge is 0.384 e. The minimum atomic E-state index is 0.904. The highest BCUT2D eigenvalue weighted by atomic mass is 32.2. The third kappa shape index (κ3) is 3.87. The van der Waals surface area contributed by atoms with Gasteiger partial charge in [0, 0.05) is 36.8 Å². The van der Waals surface area contributed by atoms with Gasteiger partial charge in [-0.1, -0.05) is 0 Å². The van der Waals surface area contributed by atoms with Crippen LogP contribution in [0.25, 0.3) is 0 Å². The van der Waals surface area contributed by atoms with E-state index in [0.29, 0.717) is 0 Å². The van der Waals surface area contributed by atoms with Gasteiger partial charge >= 0.3 is 0 Å². The monoisotopic (exact) mass is 211 g/mol. The molecule has 0 fully saturated rings. The summed E-state index contributed by atoms with van der Waals surface area (Å²) in [7, 11) is 0. The number of hydrogen-bond donors (Lipinski definition) is 2. The first-order chi connectivity index (χ1) is 6.86. The van der Waals surface area contributed by atoms with Crippen molar-refractivity contribution in [2.45, 2.75) is 6.92 Å². The quantitative estimate of drug-likeness (QED) is 0.708. The van der Waals surface area contributed by atoms with E-state index in [9.17, 15) is 0 Å². The maximum Gasteiger partial charge on any atom is 0.127 e. The summed E-state index contributed by atoms with van der Waals surface area (Å²) in [6.45, 7) is 3.97. The molecule has 0 aromatic carbocycles. The van der Waals surface area contributed by atoms with Gasteiger partial charge in [-0.05, 0) is 19.2 Å². The second kappa shape index (κ2) is 6.54. The van der Waals surface area contributed by atoms with E-state index in [1.807, 2.05) is 30.1 Å². The van der Waals surface area contributed by atoms with Crippen molar-refractivity contribution in [1.29, 1.82) is 0 Å². The van der Waals surface area contributed by atoms with Crippen molar-refractivity contribution >= 4 is 23.3 Å². The van der Waals surface area contributed by atoms with Gasteiger partial charge in [-0.2, -0.15) is 11.8 Å². The summed E-state index contributed by atoms with van der Waals surface area (Å²) >= 11 is 1.84. The Hall–Kier alpha value is -0.900. The molecule has 0 saturated carbocycles. The zero-order valence-electron chi connectivity index (χ0n) is 8.71. The summed E-state index contributed by atoms with van der Waals surface area (Å²) in [5, 5.41) is 6.53. The van der Waals surface area contributed by atoms with Crippen molar-refractivity contribution in [3.8, 4) is 0 Å². The zero-order valence-corrected chi connectivity index (χ0v) is 9.53. The van der Waals surface area contributed by atoms with Crippen molar-refractivity contribution < 1.29 is 0 Å². The first kappa shape index (κ1) is 11.2. The number of rotatable bonds is 6. The molecule has 3 nitrogen and oxygen atoms in total. The molecule has 0 unspecified atom stereocenters. The minimum absolute atomic E-state index is 0.904. The second-order valence-electron chi connectivity index (χ2n) is 2.88. The van der Waals surface area contributed by atoms with E-state index in [2.05, 4.69) is 28.8 Å². The summed E-state index contributed by atoms with van der Waals surface area (Å²) in [5.41, 5.74) is 1.13. The van der Waals surface area contributed by atoms with E-state index in [1.54, 1.807) is 0 Å². The summed E-state index contributed by atoms with van der Waals surface area (Å²) in [6, 6.07) is 4.02. The van der Waals surface area contributed by atoms with E-state index in [4.69, 9.17) is 0 Å². The van der Waals surface area contributed by atoms with Crippen LogP contribution in [-0.2, 0) is 0 Å². The molecule has 4 heteroatoms. The van der Waals surface area contributed by atoms with E-state index < -0.39 is 0 Å². The average Bonchev–Trinajstić information content (AvgIpc) is 2.19. The third-order valence-corrected chi connectivity index (χ3v) is 2.37. The van der Waals surface area contributed by atoms with E-state index in [-0.39, 0.29) is 0 Å². The molecule has 1 aromatic heterocycles. The fourth-order valence-electron chi connectivity index (χ4n) is 1.12. The number of hydrogen-bond acceptors (Lipinski definition) is 4. The number of anilines is 2. The molecule has 14 heavy (non-hydrogen) atoms. The van der Waals surface area contributed by atoms with Gasteiger partial charge in [-0.25, -0.2) is 4.98 Å². The lowest BCUT2D eigenvalue weighted by Crippen LogP contribution is -2.05. The molecule has 0 bridgehead atoms. The lowest BCUT2D eigenvalue weighted by Gasteiger charge is -2.07. The predicted molar refractivity (Wildman–Crippen MR) is 65.3 cm³/mol. The van der Waals surface area contributed by atoms with Gasteiger partial charge < -0.3 is 10.6 Å². The molecule has 0 saturated heterocycles. The summed E-state index contributed by atoms with van der Waals surface area (Å²) < 4.78 is 0. The number of pyridine rings is 1. The highest BCUT2D eigenvalue weighted by molar-refractivity contribution is 7.98. The Kier molecular flexibility index (Phi) is 5.22. The van der Waals surface area contributed by atoms with Crippen LogP contribution >= 0.6 is 11.8 Å². The van der Waals surface area contributed by atoms with Crippen LogP contribution in [0.3, 0.4) is 0 Å². The number of aromatic nitrogens is 1. The predicted octanol–water partition coefficient (Wildman–Crippen LogP) is 2.29. The summed E-state index contributed by atoms with van der Waals surface area (Å²) in [6.07, 6.45) is 3.93. The average molecular weight is 211 g/mol. The summed E-state index contributed by atoms with van der Waals surface area (Å²) in [5.74, 6) is 2.06. The highest BCUT2D eigenvalue weighted by Crippen LogP contribution is 2.11. The van der Waals surface area contributed by atoms with Gasteiger partial charge in [-0.15, -0.1) is 0 Å². The fraction of sp³-hybridized carbons (Fsp3) is 0.500. The number of nitrogens with zero attached hydrogens (tertiary/aromatic N) is 1. The van der Waals surface area contributed by atoms with Crippen molar-refractivity contribution in [2.24, 2.45) is 0 Å². The van der Waals surface area contributed by atoms with Crippen molar-refractivity contribution in [3.63, 3.8) is 0 Å². The van der Waals surface area contributed by atoms with Gasteiger partial charge in [0.15, 0.2) is 0 Å². The van der Waals surface area contributed by atoms with E-state index in [0.717, 1.165) is 30.3 Å². The molecule has 2 N–H and O–H groups in total. The van der Waals surface area contributed by atoms with Crippen LogP contribution in [0.4, 0.5) is 11.5 Å². The Morgan fingerprint density at radius 1 is 1.43 bits per heavy atom. The smallest absolute Gasteiger partial charge is 0.127 e. The van der Waals surface area contributed by atoms with Crippen LogP contribution < -0.4 is 10.6 Å². The Labute approximate surface area is 89.7 Å². The lowest BCUT2D eigenvalue weighted by atomic mass is 10.4. The topological polar surface area (TPSA) is 37.0 Å². The molecule has 1 aromatic rings. The van der Waals surface area contributed by atoms with Crippen molar-refractivity contribution in [3.05, 3.63) is 18.3 Å². The molecule has 0 amide bonds. The van der Waals surface area contributed by atoms with Crippen LogP contribution in [-0.4, -0.2) is 30.1 Å². The van der Waals surface area contributed by atoms with Crippen LogP contribution in [0.15, 0.2) is 18.3 Å². The highest BCUT2D eigenvalue weighted by Gasteiger charge is 1.94. The molecule has 0 atom stereocenters. The molecule has 1 heterocycles. The molecule has 0 aliphatic carbocycles. The van der Waals surface area contributed by atoms with Crippen molar-refractivity contribution in [2.75, 3.05) is 35.7 Å². The van der Waals surface area contributed by atoms with E-state index >= 15 is 0 Å². The van der Waals surface area contributed by atoms with Gasteiger partial charge in [-0.3, -0.25) is 0 Å². The third-order valence-electron chi connectivity index (χ3n) is 1.75. The first-order valence-electron chi connectivity index (χ1n) is 4.79. The molecule has 0 aliphatic heterocycles. The van der Waals surface area contributed by atoms with Crippen LogP contribution in [0.2, 0.25) is 0 Å². The molecule has 0 spiro atoms. The maximum atomic E-state index is 4.20. The first-order valence-corrected chi connectivity index (χ1v) is 6.19. The Morgan fingerprint density at radius 3 is 3.00 bits per heavy atom. The van der Waals surface area contributed by atoms with Crippen molar-refractivity contribution in [1.82, 2.24) is 4.98 Å². The van der Waals surface area contributed by atoms with Gasteiger partial charge in [0.2, 0.25) is 0 Å². The van der Waals surface area contributed by atoms with Gasteiger partial charge in [0.05, 0.1) is 0 Å². The Morgan fingerprint density at radius 2 is 2.29 bits per heavy atom. The molecule has 78 valence electrons. The molecular weight excluding hydrogens is 194 g/mol. The van der Waals surface area contributed by atoms with Crippen LogP contribution in [0.1, 0.15) is 6.92 Å². The normalized spacial score (nSPS) is 9.86. The molecular formula is C10H17N3S. The lowest BCUT2D eigenvalue weighted by molar-refractivity contribution is 1.15. The molecule has 0 aliphatic rings. The SMILES string of the molecule is CCNc1cc(NCCSC)ccn1. The van der Waals surface area contributed by atoms with Crippen LogP contribution in [0, 0.1) is 0 Å². The molecule has 1 rings (SSSR count). The fourth-order valence-corrected chi connectivity index (χ4v) is 1.42. The zero-order chi connectivity index (χ0) is 10.2. The van der Waals surface area contributed by atoms with Gasteiger partial charge in [0.1, 0.15) is 5.82 Å². The Bertz CT molecular complexity index is 265. The maximum absolute atomic E-state index is 4.20. The number of thioether (sulfide) groups is 1. The van der Waals surface area contributed by atoms with Gasteiger partial charge in [0.25, 0.3) is 0 Å². The Balaban J connectivity index is 2.46. The standard InChI is InChI=1S/C10H17N3S/c1-3-11-10-8-9(4-5-13-10)12-6-7-14-2/h4-5,8H,3,6-7H2,1-2H3,(H2,11,12,13). The minimum Gasteiger partial charge on any atom is -0.384 e. The summed E-state index contributed by atoms with van der Waals surface area (Å²) in [4.78, 5) is 4.20. The molecule has 0 radical (unpaired) electrons.